The maximum Gasteiger partial charge on any atom is 0.242 e. The second kappa shape index (κ2) is 5.14. The fourth-order valence-electron chi connectivity index (χ4n) is 1.23. The number of nitrogens with zero attached hydrogens (tertiary/aromatic N) is 1. The first-order chi connectivity index (χ1) is 7.90. The highest BCUT2D eigenvalue weighted by Gasteiger charge is 2.19. The molecule has 0 saturated heterocycles. The molecule has 1 aromatic rings. The first-order valence-electron chi connectivity index (χ1n) is 4.83. The van der Waals surface area contributed by atoms with Crippen molar-refractivity contribution in [3.63, 3.8) is 0 Å². The van der Waals surface area contributed by atoms with Crippen LogP contribution in [0.4, 0.5) is 5.69 Å². The SMILES string of the molecule is C[C@@H](CO)NS(=O)(=O)c1ccc(C#N)cc1N. The van der Waals surface area contributed by atoms with Crippen LogP contribution in [0.2, 0.25) is 0 Å². The zero-order valence-electron chi connectivity index (χ0n) is 9.21. The summed E-state index contributed by atoms with van der Waals surface area (Å²) in [4.78, 5) is -0.100. The average molecular weight is 255 g/mol. The van der Waals surface area contributed by atoms with E-state index in [0.29, 0.717) is 0 Å². The Morgan fingerprint density at radius 1 is 1.59 bits per heavy atom. The number of hydrogen-bond donors (Lipinski definition) is 3. The number of nitrogen functional groups attached to an aromatic ring is 1. The number of aliphatic hydroxyl groups is 1. The summed E-state index contributed by atoms with van der Waals surface area (Å²) >= 11 is 0. The number of rotatable bonds is 4. The molecular formula is C10H13N3O3S. The summed E-state index contributed by atoms with van der Waals surface area (Å²) in [5.41, 5.74) is 5.86. The van der Waals surface area contributed by atoms with E-state index >= 15 is 0 Å². The van der Waals surface area contributed by atoms with Crippen molar-refractivity contribution >= 4 is 15.7 Å². The average Bonchev–Trinajstić information content (AvgIpc) is 2.27. The van der Waals surface area contributed by atoms with Gasteiger partial charge < -0.3 is 10.8 Å². The lowest BCUT2D eigenvalue weighted by atomic mass is 10.2. The number of hydrogen-bond acceptors (Lipinski definition) is 5. The maximum absolute atomic E-state index is 11.8. The van der Waals surface area contributed by atoms with Crippen molar-refractivity contribution in [1.82, 2.24) is 4.72 Å². The lowest BCUT2D eigenvalue weighted by Gasteiger charge is -2.13. The summed E-state index contributed by atoms with van der Waals surface area (Å²) in [6, 6.07) is 5.18. The van der Waals surface area contributed by atoms with E-state index in [0.717, 1.165) is 0 Å². The second-order valence-corrected chi connectivity index (χ2v) is 5.25. The molecule has 1 rings (SSSR count). The summed E-state index contributed by atoms with van der Waals surface area (Å²) in [5.74, 6) is 0. The monoisotopic (exact) mass is 255 g/mol. The summed E-state index contributed by atoms with van der Waals surface area (Å²) in [6.45, 7) is 1.22. The van der Waals surface area contributed by atoms with Crippen LogP contribution >= 0.6 is 0 Å². The van der Waals surface area contributed by atoms with Gasteiger partial charge in [-0.15, -0.1) is 0 Å². The van der Waals surface area contributed by atoms with Gasteiger partial charge in [-0.25, -0.2) is 13.1 Å². The lowest BCUT2D eigenvalue weighted by molar-refractivity contribution is 0.265. The molecule has 1 atom stereocenters. The van der Waals surface area contributed by atoms with Crippen molar-refractivity contribution in [2.45, 2.75) is 17.9 Å². The zero-order chi connectivity index (χ0) is 13.1. The molecular weight excluding hydrogens is 242 g/mol. The highest BCUT2D eigenvalue weighted by molar-refractivity contribution is 7.89. The molecule has 1 aromatic carbocycles. The summed E-state index contributed by atoms with van der Waals surface area (Å²) in [7, 11) is -3.77. The fraction of sp³-hybridized carbons (Fsp3) is 0.300. The molecule has 92 valence electrons. The molecule has 0 aliphatic carbocycles. The minimum absolute atomic E-state index is 0.00156. The van der Waals surface area contributed by atoms with Gasteiger partial charge in [0.25, 0.3) is 0 Å². The third kappa shape index (κ3) is 3.17. The van der Waals surface area contributed by atoms with Crippen LogP contribution in [-0.2, 0) is 10.0 Å². The van der Waals surface area contributed by atoms with Crippen LogP contribution in [0, 0.1) is 11.3 Å². The normalized spacial score (nSPS) is 13.0. The van der Waals surface area contributed by atoms with Crippen molar-refractivity contribution < 1.29 is 13.5 Å². The van der Waals surface area contributed by atoms with Crippen LogP contribution in [0.15, 0.2) is 23.1 Å². The molecule has 0 amide bonds. The van der Waals surface area contributed by atoms with E-state index in [9.17, 15) is 8.42 Å². The molecule has 0 aromatic heterocycles. The van der Waals surface area contributed by atoms with Crippen LogP contribution < -0.4 is 10.5 Å². The highest BCUT2D eigenvalue weighted by atomic mass is 32.2. The number of sulfonamides is 1. The van der Waals surface area contributed by atoms with Crippen LogP contribution in [0.5, 0.6) is 0 Å². The highest BCUT2D eigenvalue weighted by Crippen LogP contribution is 2.19. The summed E-state index contributed by atoms with van der Waals surface area (Å²) < 4.78 is 25.9. The van der Waals surface area contributed by atoms with Crippen LogP contribution in [0.1, 0.15) is 12.5 Å². The predicted molar refractivity (Wildman–Crippen MR) is 62.4 cm³/mol. The van der Waals surface area contributed by atoms with E-state index in [1.807, 2.05) is 6.07 Å². The molecule has 6 nitrogen and oxygen atoms in total. The van der Waals surface area contributed by atoms with E-state index in [2.05, 4.69) is 4.72 Å². The first kappa shape index (κ1) is 13.4. The molecule has 0 aliphatic heterocycles. The van der Waals surface area contributed by atoms with Gasteiger partial charge >= 0.3 is 0 Å². The van der Waals surface area contributed by atoms with Gasteiger partial charge in [0.05, 0.1) is 23.9 Å². The Hall–Kier alpha value is -1.62. The Kier molecular flexibility index (Phi) is 4.07. The summed E-state index contributed by atoms with van der Waals surface area (Å²) in [5, 5.41) is 17.4. The van der Waals surface area contributed by atoms with E-state index in [1.54, 1.807) is 0 Å². The third-order valence-corrected chi connectivity index (χ3v) is 3.72. The van der Waals surface area contributed by atoms with Gasteiger partial charge in [0.1, 0.15) is 4.90 Å². The van der Waals surface area contributed by atoms with Gasteiger partial charge in [-0.2, -0.15) is 5.26 Å². The standard InChI is InChI=1S/C10H13N3O3S/c1-7(6-14)13-17(15,16)10-3-2-8(5-11)4-9(10)12/h2-4,7,13-14H,6,12H2,1H3/t7-/m0/s1. The van der Waals surface area contributed by atoms with Gasteiger partial charge in [-0.1, -0.05) is 0 Å². The Morgan fingerprint density at radius 2 is 2.24 bits per heavy atom. The Balaban J connectivity index is 3.13. The van der Waals surface area contributed by atoms with Crippen LogP contribution in [-0.4, -0.2) is 26.2 Å². The number of nitriles is 1. The molecule has 17 heavy (non-hydrogen) atoms. The van der Waals surface area contributed by atoms with Crippen LogP contribution in [0.25, 0.3) is 0 Å². The predicted octanol–water partition coefficient (Wildman–Crippen LogP) is -0.200. The minimum Gasteiger partial charge on any atom is -0.398 e. The van der Waals surface area contributed by atoms with Gasteiger partial charge in [-0.05, 0) is 25.1 Å². The van der Waals surface area contributed by atoms with E-state index in [1.165, 1.54) is 25.1 Å². The summed E-state index contributed by atoms with van der Waals surface area (Å²) in [6.07, 6.45) is 0. The minimum atomic E-state index is -3.77. The third-order valence-electron chi connectivity index (χ3n) is 2.06. The maximum atomic E-state index is 11.8. The van der Waals surface area contributed by atoms with Crippen molar-refractivity contribution in [1.29, 1.82) is 5.26 Å². The van der Waals surface area contributed by atoms with Gasteiger partial charge in [-0.3, -0.25) is 0 Å². The molecule has 0 spiro atoms. The van der Waals surface area contributed by atoms with Crippen molar-refractivity contribution in [3.8, 4) is 6.07 Å². The first-order valence-corrected chi connectivity index (χ1v) is 6.32. The van der Waals surface area contributed by atoms with Crippen molar-refractivity contribution in [3.05, 3.63) is 23.8 Å². The number of nitrogens with two attached hydrogens (primary N) is 1. The molecule has 0 bridgehead atoms. The number of nitrogens with one attached hydrogen (secondary N) is 1. The molecule has 4 N–H and O–H groups in total. The van der Waals surface area contributed by atoms with Gasteiger partial charge in [0.2, 0.25) is 10.0 Å². The molecule has 0 unspecified atom stereocenters. The number of anilines is 1. The van der Waals surface area contributed by atoms with Crippen LogP contribution in [0.3, 0.4) is 0 Å². The van der Waals surface area contributed by atoms with E-state index in [-0.39, 0.29) is 22.8 Å². The molecule has 0 aliphatic rings. The Labute approximate surface area is 99.7 Å². The topological polar surface area (TPSA) is 116 Å². The van der Waals surface area contributed by atoms with Gasteiger partial charge in [0.15, 0.2) is 0 Å². The quantitative estimate of drug-likeness (QED) is 0.644. The molecule has 7 heteroatoms. The van der Waals surface area contributed by atoms with Crippen molar-refractivity contribution in [2.75, 3.05) is 12.3 Å². The Morgan fingerprint density at radius 3 is 2.71 bits per heavy atom. The van der Waals surface area contributed by atoms with E-state index < -0.39 is 16.1 Å². The number of benzene rings is 1. The number of aliphatic hydroxyl groups excluding tert-OH is 1. The fourth-order valence-corrected chi connectivity index (χ4v) is 2.58. The van der Waals surface area contributed by atoms with Gasteiger partial charge in [0, 0.05) is 6.04 Å². The second-order valence-electron chi connectivity index (χ2n) is 3.57. The lowest BCUT2D eigenvalue weighted by Crippen LogP contribution is -2.35. The van der Waals surface area contributed by atoms with Crippen molar-refractivity contribution in [2.24, 2.45) is 0 Å². The molecule has 0 saturated carbocycles. The van der Waals surface area contributed by atoms with E-state index in [4.69, 9.17) is 16.1 Å². The molecule has 0 fully saturated rings. The Bertz CT molecular complexity index is 548. The largest absolute Gasteiger partial charge is 0.398 e. The molecule has 0 radical (unpaired) electrons. The smallest absolute Gasteiger partial charge is 0.242 e. The molecule has 0 heterocycles. The zero-order valence-corrected chi connectivity index (χ0v) is 10.0.